The Morgan fingerprint density at radius 2 is 2.00 bits per heavy atom. The Kier molecular flexibility index (Phi) is 5.26. The maximum Gasteiger partial charge on any atom is 0.317 e. The average Bonchev–Trinajstić information content (AvgIpc) is 2.94. The molecule has 1 N–H and O–H groups in total. The van der Waals surface area contributed by atoms with Crippen molar-refractivity contribution in [1.29, 1.82) is 0 Å². The highest BCUT2D eigenvalue weighted by Gasteiger charge is 2.31. The van der Waals surface area contributed by atoms with Crippen LogP contribution >= 0.6 is 0 Å². The molecule has 0 aromatic rings. The lowest BCUT2D eigenvalue weighted by Gasteiger charge is -2.27. The quantitative estimate of drug-likeness (QED) is 0.692. The van der Waals surface area contributed by atoms with Gasteiger partial charge in [-0.05, 0) is 30.6 Å². The molecule has 0 radical (unpaired) electrons. The number of rotatable bonds is 8. The molecule has 1 aliphatic carbocycles. The van der Waals surface area contributed by atoms with Crippen LogP contribution in [0.5, 0.6) is 0 Å². The lowest BCUT2D eigenvalue weighted by Crippen LogP contribution is -2.37. The summed E-state index contributed by atoms with van der Waals surface area (Å²) in [6, 6.07) is 0. The van der Waals surface area contributed by atoms with Gasteiger partial charge >= 0.3 is 5.97 Å². The van der Waals surface area contributed by atoms with Gasteiger partial charge < -0.3 is 5.11 Å². The first-order valence-electron chi connectivity index (χ1n) is 6.47. The Morgan fingerprint density at radius 1 is 1.38 bits per heavy atom. The third-order valence-corrected chi connectivity index (χ3v) is 3.29. The number of carboxylic acids is 1. The first-order chi connectivity index (χ1) is 7.52. The van der Waals surface area contributed by atoms with Gasteiger partial charge in [0, 0.05) is 13.1 Å². The molecule has 1 aliphatic rings. The predicted molar refractivity (Wildman–Crippen MR) is 65.4 cm³/mol. The van der Waals surface area contributed by atoms with Gasteiger partial charge in [-0.25, -0.2) is 0 Å². The molecule has 3 nitrogen and oxygen atoms in total. The summed E-state index contributed by atoms with van der Waals surface area (Å²) in [5, 5.41) is 8.89. The van der Waals surface area contributed by atoms with Crippen LogP contribution in [0.25, 0.3) is 0 Å². The Bertz CT molecular complexity index is 224. The summed E-state index contributed by atoms with van der Waals surface area (Å²) in [7, 11) is 0. The second-order valence-corrected chi connectivity index (χ2v) is 5.49. The molecule has 0 bridgehead atoms. The summed E-state index contributed by atoms with van der Waals surface area (Å²) in [5.41, 5.74) is 0. The fraction of sp³-hybridized carbons (Fsp3) is 0.923. The van der Waals surface area contributed by atoms with Crippen LogP contribution in [-0.2, 0) is 4.79 Å². The monoisotopic (exact) mass is 227 g/mol. The van der Waals surface area contributed by atoms with Crippen molar-refractivity contribution in [2.24, 2.45) is 17.8 Å². The number of aliphatic carboxylic acids is 1. The Balaban J connectivity index is 2.43. The third kappa shape index (κ3) is 4.97. The molecule has 94 valence electrons. The Hall–Kier alpha value is -0.570. The van der Waals surface area contributed by atoms with Crippen molar-refractivity contribution < 1.29 is 9.90 Å². The molecular formula is C13H25NO2. The fourth-order valence-corrected chi connectivity index (χ4v) is 2.42. The minimum Gasteiger partial charge on any atom is -0.480 e. The molecule has 0 aliphatic heterocycles. The minimum absolute atomic E-state index is 0.196. The van der Waals surface area contributed by atoms with Crippen molar-refractivity contribution in [2.75, 3.05) is 19.6 Å². The molecule has 1 fully saturated rings. The largest absolute Gasteiger partial charge is 0.480 e. The van der Waals surface area contributed by atoms with E-state index in [1.807, 2.05) is 0 Å². The molecule has 0 aromatic carbocycles. The zero-order chi connectivity index (χ0) is 12.1. The van der Waals surface area contributed by atoms with E-state index in [2.05, 4.69) is 25.7 Å². The summed E-state index contributed by atoms with van der Waals surface area (Å²) < 4.78 is 0. The van der Waals surface area contributed by atoms with E-state index in [1.165, 1.54) is 19.3 Å². The molecule has 1 atom stereocenters. The molecule has 16 heavy (non-hydrogen) atoms. The summed E-state index contributed by atoms with van der Waals surface area (Å²) in [6.45, 7) is 8.57. The van der Waals surface area contributed by atoms with Gasteiger partial charge in [-0.15, -0.1) is 0 Å². The first kappa shape index (κ1) is 13.5. The van der Waals surface area contributed by atoms with E-state index >= 15 is 0 Å². The summed E-state index contributed by atoms with van der Waals surface area (Å²) >= 11 is 0. The van der Waals surface area contributed by atoms with Gasteiger partial charge in [0.1, 0.15) is 0 Å². The average molecular weight is 227 g/mol. The molecule has 1 rings (SSSR count). The van der Waals surface area contributed by atoms with Crippen LogP contribution < -0.4 is 0 Å². The summed E-state index contributed by atoms with van der Waals surface area (Å²) in [6.07, 6.45) is 3.88. The number of hydrogen-bond donors (Lipinski definition) is 1. The van der Waals surface area contributed by atoms with Crippen molar-refractivity contribution in [1.82, 2.24) is 4.90 Å². The lowest BCUT2D eigenvalue weighted by molar-refractivity contribution is -0.138. The van der Waals surface area contributed by atoms with E-state index in [0.717, 1.165) is 19.0 Å². The number of carbonyl (C=O) groups is 1. The van der Waals surface area contributed by atoms with Crippen LogP contribution in [0.15, 0.2) is 0 Å². The first-order valence-corrected chi connectivity index (χ1v) is 6.47. The second-order valence-electron chi connectivity index (χ2n) is 5.49. The topological polar surface area (TPSA) is 40.5 Å². The zero-order valence-electron chi connectivity index (χ0n) is 10.8. The number of hydrogen-bond acceptors (Lipinski definition) is 2. The molecule has 1 saturated carbocycles. The lowest BCUT2D eigenvalue weighted by atomic mass is 9.99. The van der Waals surface area contributed by atoms with Gasteiger partial charge in [0.15, 0.2) is 0 Å². The molecule has 0 saturated heterocycles. The van der Waals surface area contributed by atoms with Crippen molar-refractivity contribution in [3.63, 3.8) is 0 Å². The smallest absolute Gasteiger partial charge is 0.317 e. The SMILES string of the molecule is CCC(CN(CC(=O)O)CC(C)C)C1CC1. The van der Waals surface area contributed by atoms with Gasteiger partial charge in [0.05, 0.1) is 6.54 Å². The van der Waals surface area contributed by atoms with Gasteiger partial charge in [-0.3, -0.25) is 9.69 Å². The van der Waals surface area contributed by atoms with Gasteiger partial charge in [-0.1, -0.05) is 27.2 Å². The Morgan fingerprint density at radius 3 is 2.38 bits per heavy atom. The van der Waals surface area contributed by atoms with Crippen LogP contribution in [0.3, 0.4) is 0 Å². The van der Waals surface area contributed by atoms with E-state index in [1.54, 1.807) is 0 Å². The molecule has 1 unspecified atom stereocenters. The Labute approximate surface area is 98.8 Å². The van der Waals surface area contributed by atoms with Crippen molar-refractivity contribution in [2.45, 2.75) is 40.0 Å². The maximum absolute atomic E-state index is 10.8. The summed E-state index contributed by atoms with van der Waals surface area (Å²) in [5.74, 6) is 1.41. The van der Waals surface area contributed by atoms with Crippen LogP contribution in [-0.4, -0.2) is 35.6 Å². The van der Waals surface area contributed by atoms with Crippen LogP contribution in [0, 0.1) is 17.8 Å². The highest BCUT2D eigenvalue weighted by molar-refractivity contribution is 5.69. The molecule has 0 amide bonds. The van der Waals surface area contributed by atoms with Crippen molar-refractivity contribution in [3.05, 3.63) is 0 Å². The minimum atomic E-state index is -0.702. The van der Waals surface area contributed by atoms with E-state index in [9.17, 15) is 4.79 Å². The standard InChI is InChI=1S/C13H25NO2/c1-4-11(12-5-6-12)8-14(7-10(2)3)9-13(15)16/h10-12H,4-9H2,1-3H3,(H,15,16). The van der Waals surface area contributed by atoms with Crippen LogP contribution in [0.4, 0.5) is 0 Å². The third-order valence-electron chi connectivity index (χ3n) is 3.29. The van der Waals surface area contributed by atoms with E-state index in [4.69, 9.17) is 5.11 Å². The molecule has 3 heteroatoms. The molecule has 0 heterocycles. The predicted octanol–water partition coefficient (Wildman–Crippen LogP) is 2.47. The van der Waals surface area contributed by atoms with Crippen molar-refractivity contribution in [3.8, 4) is 0 Å². The highest BCUT2D eigenvalue weighted by Crippen LogP contribution is 2.38. The van der Waals surface area contributed by atoms with Crippen LogP contribution in [0.2, 0.25) is 0 Å². The van der Waals surface area contributed by atoms with Gasteiger partial charge in [-0.2, -0.15) is 0 Å². The van der Waals surface area contributed by atoms with Crippen LogP contribution in [0.1, 0.15) is 40.0 Å². The maximum atomic E-state index is 10.8. The highest BCUT2D eigenvalue weighted by atomic mass is 16.4. The fourth-order valence-electron chi connectivity index (χ4n) is 2.42. The normalized spacial score (nSPS) is 18.1. The second kappa shape index (κ2) is 6.24. The summed E-state index contributed by atoms with van der Waals surface area (Å²) in [4.78, 5) is 12.9. The number of nitrogens with zero attached hydrogens (tertiary/aromatic N) is 1. The zero-order valence-corrected chi connectivity index (χ0v) is 10.8. The van der Waals surface area contributed by atoms with E-state index < -0.39 is 5.97 Å². The van der Waals surface area contributed by atoms with Gasteiger partial charge in [0.2, 0.25) is 0 Å². The molecule has 0 aromatic heterocycles. The van der Waals surface area contributed by atoms with E-state index in [0.29, 0.717) is 11.8 Å². The molecular weight excluding hydrogens is 202 g/mol. The van der Waals surface area contributed by atoms with Gasteiger partial charge in [0.25, 0.3) is 0 Å². The van der Waals surface area contributed by atoms with E-state index in [-0.39, 0.29) is 6.54 Å². The number of carboxylic acid groups (broad SMARTS) is 1. The molecule has 0 spiro atoms. The van der Waals surface area contributed by atoms with Crippen molar-refractivity contribution >= 4 is 5.97 Å².